The fourth-order valence-electron chi connectivity index (χ4n) is 3.76. The van der Waals surface area contributed by atoms with Gasteiger partial charge in [-0.2, -0.15) is 0 Å². The Balaban J connectivity index is 1.83. The van der Waals surface area contributed by atoms with Crippen LogP contribution in [-0.4, -0.2) is 51.8 Å². The highest BCUT2D eigenvalue weighted by Crippen LogP contribution is 2.35. The zero-order valence-electron chi connectivity index (χ0n) is 15.3. The SMILES string of the molecule is COc1cccc(N(C)C2CCNCC2)c1CC1COC(C)(C)O1. The lowest BCUT2D eigenvalue weighted by Gasteiger charge is -2.35. The highest BCUT2D eigenvalue weighted by Gasteiger charge is 2.34. The van der Waals surface area contributed by atoms with Crippen LogP contribution in [0.2, 0.25) is 0 Å². The molecule has 2 heterocycles. The summed E-state index contributed by atoms with van der Waals surface area (Å²) < 4.78 is 17.4. The number of rotatable bonds is 5. The van der Waals surface area contributed by atoms with Crippen LogP contribution in [0.1, 0.15) is 32.3 Å². The van der Waals surface area contributed by atoms with Gasteiger partial charge in [-0.25, -0.2) is 0 Å². The minimum atomic E-state index is -0.492. The minimum absolute atomic E-state index is 0.0662. The highest BCUT2D eigenvalue weighted by molar-refractivity contribution is 5.60. The normalized spacial score (nSPS) is 24.1. The predicted molar refractivity (Wildman–Crippen MR) is 95.9 cm³/mol. The van der Waals surface area contributed by atoms with Crippen molar-refractivity contribution in [2.45, 2.75) is 51.0 Å². The molecule has 2 aliphatic heterocycles. The molecule has 2 saturated heterocycles. The van der Waals surface area contributed by atoms with Crippen LogP contribution in [-0.2, 0) is 15.9 Å². The van der Waals surface area contributed by atoms with E-state index in [2.05, 4.69) is 29.4 Å². The first-order chi connectivity index (χ1) is 11.5. The molecule has 0 aromatic heterocycles. The zero-order chi connectivity index (χ0) is 17.2. The van der Waals surface area contributed by atoms with Gasteiger partial charge in [0.2, 0.25) is 0 Å². The molecular formula is C19H30N2O3. The van der Waals surface area contributed by atoms with Crippen molar-refractivity contribution in [1.29, 1.82) is 0 Å². The summed E-state index contributed by atoms with van der Waals surface area (Å²) in [6.45, 7) is 6.74. The van der Waals surface area contributed by atoms with Gasteiger partial charge in [-0.3, -0.25) is 0 Å². The Labute approximate surface area is 145 Å². The highest BCUT2D eigenvalue weighted by atomic mass is 16.7. The standard InChI is InChI=1S/C19H30N2O3/c1-19(2)23-13-15(24-19)12-16-17(6-5-7-18(16)22-4)21(3)14-8-10-20-11-9-14/h5-7,14-15,20H,8-13H2,1-4H3. The van der Waals surface area contributed by atoms with E-state index in [1.54, 1.807) is 7.11 Å². The van der Waals surface area contributed by atoms with Gasteiger partial charge in [0.1, 0.15) is 5.75 Å². The van der Waals surface area contributed by atoms with Gasteiger partial charge in [0.25, 0.3) is 0 Å². The summed E-state index contributed by atoms with van der Waals surface area (Å²) in [4.78, 5) is 2.42. The minimum Gasteiger partial charge on any atom is -0.496 e. The van der Waals surface area contributed by atoms with Gasteiger partial charge in [0.05, 0.1) is 19.8 Å². The summed E-state index contributed by atoms with van der Waals surface area (Å²) in [6, 6.07) is 6.87. The lowest BCUT2D eigenvalue weighted by atomic mass is 10.00. The molecule has 3 rings (SSSR count). The van der Waals surface area contributed by atoms with Gasteiger partial charge in [-0.05, 0) is 51.9 Å². The maximum atomic E-state index is 6.03. The van der Waals surface area contributed by atoms with Crippen molar-refractivity contribution in [3.8, 4) is 5.75 Å². The third-order valence-electron chi connectivity index (χ3n) is 5.06. The number of hydrogen-bond acceptors (Lipinski definition) is 5. The maximum Gasteiger partial charge on any atom is 0.163 e. The summed E-state index contributed by atoms with van der Waals surface area (Å²) in [5.41, 5.74) is 2.46. The first-order valence-electron chi connectivity index (χ1n) is 8.91. The number of ether oxygens (including phenoxy) is 3. The van der Waals surface area contributed by atoms with Gasteiger partial charge < -0.3 is 24.4 Å². The molecule has 0 saturated carbocycles. The third kappa shape index (κ3) is 3.85. The number of anilines is 1. The molecule has 0 spiro atoms. The van der Waals surface area contributed by atoms with Crippen molar-refractivity contribution in [3.63, 3.8) is 0 Å². The number of nitrogens with one attached hydrogen (secondary N) is 1. The van der Waals surface area contributed by atoms with Crippen molar-refractivity contribution in [3.05, 3.63) is 23.8 Å². The topological polar surface area (TPSA) is 43.0 Å². The first kappa shape index (κ1) is 17.5. The fourth-order valence-corrected chi connectivity index (χ4v) is 3.76. The summed E-state index contributed by atoms with van der Waals surface area (Å²) in [5, 5.41) is 3.44. The van der Waals surface area contributed by atoms with E-state index in [0.29, 0.717) is 12.6 Å². The van der Waals surface area contributed by atoms with Gasteiger partial charge >= 0.3 is 0 Å². The third-order valence-corrected chi connectivity index (χ3v) is 5.06. The maximum absolute atomic E-state index is 6.03. The summed E-state index contributed by atoms with van der Waals surface area (Å²) >= 11 is 0. The van der Waals surface area contributed by atoms with Crippen LogP contribution in [0.15, 0.2) is 18.2 Å². The number of piperidine rings is 1. The van der Waals surface area contributed by atoms with Crippen molar-refractivity contribution in [1.82, 2.24) is 5.32 Å². The fraction of sp³-hybridized carbons (Fsp3) is 0.684. The van der Waals surface area contributed by atoms with Crippen LogP contribution in [0, 0.1) is 0 Å². The van der Waals surface area contributed by atoms with E-state index in [1.807, 2.05) is 19.9 Å². The van der Waals surface area contributed by atoms with Crippen molar-refractivity contribution in [2.75, 3.05) is 38.8 Å². The summed E-state index contributed by atoms with van der Waals surface area (Å²) in [6.07, 6.45) is 3.21. The number of benzene rings is 1. The summed E-state index contributed by atoms with van der Waals surface area (Å²) in [5.74, 6) is 0.440. The number of methoxy groups -OCH3 is 1. The molecule has 1 unspecified atom stereocenters. The van der Waals surface area contributed by atoms with E-state index in [0.717, 1.165) is 25.3 Å². The Morgan fingerprint density at radius 3 is 2.67 bits per heavy atom. The Morgan fingerprint density at radius 1 is 1.29 bits per heavy atom. The van der Waals surface area contributed by atoms with E-state index in [-0.39, 0.29) is 6.10 Å². The lowest BCUT2D eigenvalue weighted by molar-refractivity contribution is -0.138. The molecule has 5 nitrogen and oxygen atoms in total. The van der Waals surface area contributed by atoms with Crippen LogP contribution in [0.3, 0.4) is 0 Å². The molecule has 0 aliphatic carbocycles. The molecule has 0 amide bonds. The molecule has 1 N–H and O–H groups in total. The molecule has 0 bridgehead atoms. The van der Waals surface area contributed by atoms with Gasteiger partial charge in [0.15, 0.2) is 5.79 Å². The smallest absolute Gasteiger partial charge is 0.163 e. The molecule has 0 radical (unpaired) electrons. The van der Waals surface area contributed by atoms with Crippen molar-refractivity contribution >= 4 is 5.69 Å². The first-order valence-corrected chi connectivity index (χ1v) is 8.91. The largest absolute Gasteiger partial charge is 0.496 e. The van der Waals surface area contributed by atoms with Crippen LogP contribution in [0.25, 0.3) is 0 Å². The van der Waals surface area contributed by atoms with E-state index in [9.17, 15) is 0 Å². The van der Waals surface area contributed by atoms with Crippen molar-refractivity contribution < 1.29 is 14.2 Å². The Hall–Kier alpha value is -1.30. The monoisotopic (exact) mass is 334 g/mol. The summed E-state index contributed by atoms with van der Waals surface area (Å²) in [7, 11) is 3.94. The van der Waals surface area contributed by atoms with Crippen LogP contribution < -0.4 is 15.0 Å². The molecule has 24 heavy (non-hydrogen) atoms. The van der Waals surface area contributed by atoms with Gasteiger partial charge in [-0.1, -0.05) is 6.07 Å². The molecule has 2 aliphatic rings. The molecule has 134 valence electrons. The van der Waals surface area contributed by atoms with Crippen LogP contribution >= 0.6 is 0 Å². The van der Waals surface area contributed by atoms with Crippen LogP contribution in [0.5, 0.6) is 5.75 Å². The Morgan fingerprint density at radius 2 is 2.04 bits per heavy atom. The average Bonchev–Trinajstić information content (AvgIpc) is 2.94. The zero-order valence-corrected chi connectivity index (χ0v) is 15.3. The molecule has 5 heteroatoms. The quantitative estimate of drug-likeness (QED) is 0.896. The average molecular weight is 334 g/mol. The Bertz CT molecular complexity index is 556. The van der Waals surface area contributed by atoms with E-state index in [4.69, 9.17) is 14.2 Å². The van der Waals surface area contributed by atoms with Crippen molar-refractivity contribution in [2.24, 2.45) is 0 Å². The van der Waals surface area contributed by atoms with Gasteiger partial charge in [-0.15, -0.1) is 0 Å². The van der Waals surface area contributed by atoms with Gasteiger partial charge in [0, 0.05) is 30.8 Å². The number of hydrogen-bond donors (Lipinski definition) is 1. The number of nitrogens with zero attached hydrogens (tertiary/aromatic N) is 1. The van der Waals surface area contributed by atoms with E-state index < -0.39 is 5.79 Å². The molecule has 2 fully saturated rings. The lowest BCUT2D eigenvalue weighted by Crippen LogP contribution is -2.41. The van der Waals surface area contributed by atoms with Crippen LogP contribution in [0.4, 0.5) is 5.69 Å². The van der Waals surface area contributed by atoms with E-state index >= 15 is 0 Å². The molecule has 1 aromatic carbocycles. The second-order valence-corrected chi connectivity index (χ2v) is 7.20. The predicted octanol–water partition coefficient (Wildman–Crippen LogP) is 2.58. The van der Waals surface area contributed by atoms with E-state index in [1.165, 1.54) is 24.1 Å². The molecular weight excluding hydrogens is 304 g/mol. The second kappa shape index (κ2) is 7.30. The second-order valence-electron chi connectivity index (χ2n) is 7.20. The Kier molecular flexibility index (Phi) is 5.33. The molecule has 1 atom stereocenters. The molecule has 1 aromatic rings.